The molecule has 0 heterocycles. The summed E-state index contributed by atoms with van der Waals surface area (Å²) in [4.78, 5) is 23.1. The van der Waals surface area contributed by atoms with Crippen LogP contribution in [0.15, 0.2) is 18.2 Å². The Balaban J connectivity index is 3.11. The van der Waals surface area contributed by atoms with Crippen molar-refractivity contribution in [3.8, 4) is 0 Å². The first kappa shape index (κ1) is 16.4. The second-order valence-electron chi connectivity index (χ2n) is 5.45. The second kappa shape index (κ2) is 6.19. The number of carbonyl (C=O) groups is 1. The number of nitro groups is 1. The highest BCUT2D eigenvalue weighted by molar-refractivity contribution is 6.30. The molecule has 0 saturated heterocycles. The van der Waals surface area contributed by atoms with Crippen molar-refractivity contribution in [1.82, 2.24) is 4.90 Å². The van der Waals surface area contributed by atoms with Gasteiger partial charge in [0.25, 0.3) is 5.69 Å². The summed E-state index contributed by atoms with van der Waals surface area (Å²) >= 11 is 5.76. The molecule has 0 aromatic heterocycles. The first-order chi connectivity index (χ1) is 9.11. The van der Waals surface area contributed by atoms with Gasteiger partial charge in [-0.1, -0.05) is 11.6 Å². The molecule has 0 aliphatic rings. The molecule has 7 heteroatoms. The summed E-state index contributed by atoms with van der Waals surface area (Å²) in [5.74, 6) is -0.975. The van der Waals surface area contributed by atoms with Crippen LogP contribution in [0, 0.1) is 10.1 Å². The normalized spacial score (nSPS) is 11.7. The molecule has 0 spiro atoms. The van der Waals surface area contributed by atoms with Crippen molar-refractivity contribution in [3.63, 3.8) is 0 Å². The predicted molar refractivity (Wildman–Crippen MR) is 75.9 cm³/mol. The lowest BCUT2D eigenvalue weighted by molar-refractivity contribution is -0.385. The van der Waals surface area contributed by atoms with Gasteiger partial charge in [-0.2, -0.15) is 0 Å². The van der Waals surface area contributed by atoms with Gasteiger partial charge in [-0.25, -0.2) is 0 Å². The molecule has 0 amide bonds. The van der Waals surface area contributed by atoms with Gasteiger partial charge < -0.3 is 5.11 Å². The number of halogens is 1. The van der Waals surface area contributed by atoms with Gasteiger partial charge in [0.2, 0.25) is 0 Å². The van der Waals surface area contributed by atoms with E-state index in [0.717, 1.165) is 0 Å². The van der Waals surface area contributed by atoms with Gasteiger partial charge in [0.15, 0.2) is 0 Å². The summed E-state index contributed by atoms with van der Waals surface area (Å²) < 4.78 is 0. The zero-order valence-electron chi connectivity index (χ0n) is 11.6. The van der Waals surface area contributed by atoms with Crippen LogP contribution in [0.3, 0.4) is 0 Å². The standard InChI is InChI=1S/C13H17ClN2O4/c1-13(2,3)15(8-12(17)18)7-9-4-5-10(14)6-11(9)16(19)20/h4-6H,7-8H2,1-3H3,(H,17,18). The SMILES string of the molecule is CC(C)(C)N(CC(=O)O)Cc1ccc(Cl)cc1[N+](=O)[O-]. The molecule has 1 rings (SSSR count). The zero-order chi connectivity index (χ0) is 15.5. The fourth-order valence-electron chi connectivity index (χ4n) is 1.74. The summed E-state index contributed by atoms with van der Waals surface area (Å²) in [5.41, 5.74) is -0.0842. The largest absolute Gasteiger partial charge is 0.480 e. The summed E-state index contributed by atoms with van der Waals surface area (Å²) in [6, 6.07) is 4.39. The maximum atomic E-state index is 11.0. The van der Waals surface area contributed by atoms with Crippen molar-refractivity contribution < 1.29 is 14.8 Å². The average Bonchev–Trinajstić information content (AvgIpc) is 2.28. The molecule has 0 bridgehead atoms. The Morgan fingerprint density at radius 2 is 2.05 bits per heavy atom. The molecule has 0 aliphatic carbocycles. The summed E-state index contributed by atoms with van der Waals surface area (Å²) in [6.07, 6.45) is 0. The second-order valence-corrected chi connectivity index (χ2v) is 5.89. The van der Waals surface area contributed by atoms with E-state index in [1.165, 1.54) is 6.07 Å². The maximum absolute atomic E-state index is 11.0. The number of nitro benzene ring substituents is 1. The van der Waals surface area contributed by atoms with E-state index in [0.29, 0.717) is 5.56 Å². The molecule has 110 valence electrons. The van der Waals surface area contributed by atoms with Gasteiger partial charge in [-0.15, -0.1) is 0 Å². The van der Waals surface area contributed by atoms with Gasteiger partial charge >= 0.3 is 5.97 Å². The van der Waals surface area contributed by atoms with Crippen molar-refractivity contribution >= 4 is 23.3 Å². The maximum Gasteiger partial charge on any atom is 0.317 e. The minimum atomic E-state index is -0.975. The van der Waals surface area contributed by atoms with E-state index in [-0.39, 0.29) is 23.8 Å². The van der Waals surface area contributed by atoms with Crippen LogP contribution >= 0.6 is 11.6 Å². The van der Waals surface area contributed by atoms with E-state index in [1.54, 1.807) is 17.0 Å². The molecule has 0 radical (unpaired) electrons. The smallest absolute Gasteiger partial charge is 0.317 e. The Bertz CT molecular complexity index is 526. The summed E-state index contributed by atoms with van der Waals surface area (Å²) in [5, 5.41) is 20.3. The monoisotopic (exact) mass is 300 g/mol. The summed E-state index contributed by atoms with van der Waals surface area (Å²) in [7, 11) is 0. The highest BCUT2D eigenvalue weighted by Crippen LogP contribution is 2.26. The summed E-state index contributed by atoms with van der Waals surface area (Å²) in [6.45, 7) is 5.56. The van der Waals surface area contributed by atoms with Crippen LogP contribution in [-0.4, -0.2) is 33.0 Å². The molecule has 1 N–H and O–H groups in total. The molecule has 0 saturated carbocycles. The van der Waals surface area contributed by atoms with E-state index in [2.05, 4.69) is 0 Å². The molecule has 1 aromatic rings. The highest BCUT2D eigenvalue weighted by Gasteiger charge is 2.26. The molecule has 20 heavy (non-hydrogen) atoms. The molecular weight excluding hydrogens is 284 g/mol. The number of nitrogens with zero attached hydrogens (tertiary/aromatic N) is 2. The van der Waals surface area contributed by atoms with Crippen molar-refractivity contribution in [3.05, 3.63) is 38.9 Å². The van der Waals surface area contributed by atoms with Crippen LogP contribution in [0.2, 0.25) is 5.02 Å². The van der Waals surface area contributed by atoms with E-state index >= 15 is 0 Å². The van der Waals surface area contributed by atoms with Crippen molar-refractivity contribution in [2.45, 2.75) is 32.9 Å². The van der Waals surface area contributed by atoms with E-state index in [4.69, 9.17) is 16.7 Å². The predicted octanol–water partition coefficient (Wildman–Crippen LogP) is 2.93. The lowest BCUT2D eigenvalue weighted by atomic mass is 10.0. The lowest BCUT2D eigenvalue weighted by Crippen LogP contribution is -2.43. The van der Waals surface area contributed by atoms with Crippen LogP contribution < -0.4 is 0 Å². The molecule has 0 unspecified atom stereocenters. The third kappa shape index (κ3) is 4.47. The lowest BCUT2D eigenvalue weighted by Gasteiger charge is -2.34. The number of carboxylic acids is 1. The van der Waals surface area contributed by atoms with Crippen molar-refractivity contribution in [2.75, 3.05) is 6.54 Å². The van der Waals surface area contributed by atoms with Crippen LogP contribution in [-0.2, 0) is 11.3 Å². The molecule has 0 aliphatic heterocycles. The topological polar surface area (TPSA) is 83.7 Å². The number of carboxylic acid groups (broad SMARTS) is 1. The van der Waals surface area contributed by atoms with Gasteiger partial charge in [-0.3, -0.25) is 19.8 Å². The Morgan fingerprint density at radius 3 is 2.50 bits per heavy atom. The van der Waals surface area contributed by atoms with Crippen molar-refractivity contribution in [1.29, 1.82) is 0 Å². The Morgan fingerprint density at radius 1 is 1.45 bits per heavy atom. The molecular formula is C13H17ClN2O4. The number of benzene rings is 1. The van der Waals surface area contributed by atoms with Crippen LogP contribution in [0.4, 0.5) is 5.69 Å². The Kier molecular flexibility index (Phi) is 5.08. The quantitative estimate of drug-likeness (QED) is 0.667. The third-order valence-corrected chi connectivity index (χ3v) is 3.12. The van der Waals surface area contributed by atoms with Crippen molar-refractivity contribution in [2.24, 2.45) is 0 Å². The van der Waals surface area contributed by atoms with Gasteiger partial charge in [0, 0.05) is 28.7 Å². The number of hydrogen-bond acceptors (Lipinski definition) is 4. The fraction of sp³-hybridized carbons (Fsp3) is 0.462. The Hall–Kier alpha value is -1.66. The molecule has 0 atom stereocenters. The van der Waals surface area contributed by atoms with Gasteiger partial charge in [-0.05, 0) is 32.9 Å². The number of hydrogen-bond donors (Lipinski definition) is 1. The highest BCUT2D eigenvalue weighted by atomic mass is 35.5. The average molecular weight is 301 g/mol. The third-order valence-electron chi connectivity index (χ3n) is 2.88. The minimum absolute atomic E-state index is 0.0999. The van der Waals surface area contributed by atoms with Crippen LogP contribution in [0.1, 0.15) is 26.3 Å². The first-order valence-electron chi connectivity index (χ1n) is 6.01. The van der Waals surface area contributed by atoms with Gasteiger partial charge in [0.1, 0.15) is 0 Å². The van der Waals surface area contributed by atoms with E-state index in [1.807, 2.05) is 20.8 Å². The Labute approximate surface area is 122 Å². The minimum Gasteiger partial charge on any atom is -0.480 e. The number of rotatable bonds is 5. The van der Waals surface area contributed by atoms with Gasteiger partial charge in [0.05, 0.1) is 11.5 Å². The molecule has 6 nitrogen and oxygen atoms in total. The van der Waals surface area contributed by atoms with E-state index < -0.39 is 16.4 Å². The van der Waals surface area contributed by atoms with Crippen LogP contribution in [0.5, 0.6) is 0 Å². The number of aliphatic carboxylic acids is 1. The molecule has 1 aromatic carbocycles. The fourth-order valence-corrected chi connectivity index (χ4v) is 1.91. The zero-order valence-corrected chi connectivity index (χ0v) is 12.3. The molecule has 0 fully saturated rings. The van der Waals surface area contributed by atoms with Crippen LogP contribution in [0.25, 0.3) is 0 Å². The first-order valence-corrected chi connectivity index (χ1v) is 6.38. The van der Waals surface area contributed by atoms with E-state index in [9.17, 15) is 14.9 Å².